The molecule has 0 spiro atoms. The molecule has 0 aromatic carbocycles. The summed E-state index contributed by atoms with van der Waals surface area (Å²) in [5.74, 6) is 0. The van der Waals surface area contributed by atoms with E-state index in [1.54, 1.807) is 0 Å². The molecule has 0 saturated carbocycles. The van der Waals surface area contributed by atoms with Crippen molar-refractivity contribution in [2.75, 3.05) is 0 Å². The van der Waals surface area contributed by atoms with Crippen molar-refractivity contribution in [2.45, 2.75) is 79.1 Å². The standard InChI is InChI=1S/C10H22.C4H8/c1-3-5-7-9-10-8-6-4-2;1-3-4-2/h3-10H2,1-2H3;3-4H,1-2H3. The summed E-state index contributed by atoms with van der Waals surface area (Å²) in [6.07, 6.45) is 15.5. The Hall–Kier alpha value is -0.260. The fraction of sp³-hybridized carbons (Fsp3) is 0.857. The van der Waals surface area contributed by atoms with Crippen LogP contribution in [0.5, 0.6) is 0 Å². The van der Waals surface area contributed by atoms with Crippen molar-refractivity contribution in [3.63, 3.8) is 0 Å². The molecule has 0 bridgehead atoms. The van der Waals surface area contributed by atoms with E-state index in [2.05, 4.69) is 13.8 Å². The van der Waals surface area contributed by atoms with Crippen LogP contribution in [0.1, 0.15) is 79.1 Å². The van der Waals surface area contributed by atoms with Crippen molar-refractivity contribution in [2.24, 2.45) is 0 Å². The number of rotatable bonds is 7. The maximum atomic E-state index is 2.27. The van der Waals surface area contributed by atoms with E-state index < -0.39 is 0 Å². The summed E-state index contributed by atoms with van der Waals surface area (Å²) in [6, 6.07) is 0. The fourth-order valence-corrected chi connectivity index (χ4v) is 1.21. The Bertz CT molecular complexity index is 80.2. The van der Waals surface area contributed by atoms with Crippen LogP contribution in [-0.2, 0) is 0 Å². The zero-order chi connectivity index (χ0) is 11.1. The molecule has 0 amide bonds. The molecule has 0 fully saturated rings. The van der Waals surface area contributed by atoms with Crippen molar-refractivity contribution in [1.82, 2.24) is 0 Å². The second-order valence-corrected chi connectivity index (χ2v) is 3.79. The van der Waals surface area contributed by atoms with Crippen LogP contribution in [0.4, 0.5) is 0 Å². The topological polar surface area (TPSA) is 0 Å². The molecule has 0 heterocycles. The van der Waals surface area contributed by atoms with Crippen molar-refractivity contribution >= 4 is 0 Å². The van der Waals surface area contributed by atoms with Crippen LogP contribution in [0.25, 0.3) is 0 Å². The molecule has 86 valence electrons. The van der Waals surface area contributed by atoms with Gasteiger partial charge in [-0.15, -0.1) is 0 Å². The van der Waals surface area contributed by atoms with E-state index in [0.717, 1.165) is 0 Å². The van der Waals surface area contributed by atoms with Gasteiger partial charge in [-0.3, -0.25) is 0 Å². The van der Waals surface area contributed by atoms with Crippen LogP contribution in [0, 0.1) is 0 Å². The maximum absolute atomic E-state index is 2.27. The summed E-state index contributed by atoms with van der Waals surface area (Å²) in [4.78, 5) is 0. The molecule has 0 N–H and O–H groups in total. The van der Waals surface area contributed by atoms with E-state index in [-0.39, 0.29) is 0 Å². The van der Waals surface area contributed by atoms with Gasteiger partial charge < -0.3 is 0 Å². The Morgan fingerprint density at radius 3 is 1.07 bits per heavy atom. The minimum absolute atomic E-state index is 1.37. The molecule has 0 aliphatic rings. The van der Waals surface area contributed by atoms with Gasteiger partial charge in [0, 0.05) is 0 Å². The first-order chi connectivity index (χ1) is 6.83. The average Bonchev–Trinajstić information content (AvgIpc) is 2.24. The summed E-state index contributed by atoms with van der Waals surface area (Å²) < 4.78 is 0. The Morgan fingerprint density at radius 1 is 0.571 bits per heavy atom. The molecule has 0 aromatic rings. The lowest BCUT2D eigenvalue weighted by Crippen LogP contribution is -1.77. The predicted molar refractivity (Wildman–Crippen MR) is 68.8 cm³/mol. The minimum atomic E-state index is 1.37. The van der Waals surface area contributed by atoms with Gasteiger partial charge in [0.2, 0.25) is 0 Å². The summed E-state index contributed by atoms with van der Waals surface area (Å²) in [7, 11) is 0. The summed E-state index contributed by atoms with van der Waals surface area (Å²) in [6.45, 7) is 8.54. The van der Waals surface area contributed by atoms with Crippen LogP contribution in [-0.4, -0.2) is 0 Å². The van der Waals surface area contributed by atoms with E-state index in [0.29, 0.717) is 0 Å². The first kappa shape index (κ1) is 16.2. The van der Waals surface area contributed by atoms with E-state index in [1.165, 1.54) is 51.4 Å². The van der Waals surface area contributed by atoms with E-state index in [1.807, 2.05) is 26.0 Å². The fourth-order valence-electron chi connectivity index (χ4n) is 1.21. The molecule has 0 aliphatic carbocycles. The van der Waals surface area contributed by atoms with Gasteiger partial charge in [-0.25, -0.2) is 0 Å². The molecule has 0 nitrogen and oxygen atoms in total. The molecular weight excluding hydrogens is 168 g/mol. The molecule has 0 atom stereocenters. The predicted octanol–water partition coefficient (Wildman–Crippen LogP) is 5.73. The van der Waals surface area contributed by atoms with Crippen LogP contribution in [0.2, 0.25) is 0 Å². The summed E-state index contributed by atoms with van der Waals surface area (Å²) >= 11 is 0. The van der Waals surface area contributed by atoms with Crippen LogP contribution >= 0.6 is 0 Å². The van der Waals surface area contributed by atoms with Crippen LogP contribution in [0.3, 0.4) is 0 Å². The number of hydrogen-bond donors (Lipinski definition) is 0. The Kier molecular flexibility index (Phi) is 21.4. The average molecular weight is 198 g/mol. The molecule has 0 aromatic heterocycles. The monoisotopic (exact) mass is 198 g/mol. The van der Waals surface area contributed by atoms with Crippen LogP contribution in [0.15, 0.2) is 12.2 Å². The van der Waals surface area contributed by atoms with Crippen molar-refractivity contribution in [1.29, 1.82) is 0 Å². The number of hydrogen-bond acceptors (Lipinski definition) is 0. The molecule has 0 rings (SSSR count). The highest BCUT2D eigenvalue weighted by Crippen LogP contribution is 2.07. The summed E-state index contributed by atoms with van der Waals surface area (Å²) in [5.41, 5.74) is 0. The van der Waals surface area contributed by atoms with Gasteiger partial charge in [0.05, 0.1) is 0 Å². The Balaban J connectivity index is 0. The van der Waals surface area contributed by atoms with E-state index >= 15 is 0 Å². The van der Waals surface area contributed by atoms with Gasteiger partial charge in [-0.1, -0.05) is 77.4 Å². The van der Waals surface area contributed by atoms with Gasteiger partial charge in [0.15, 0.2) is 0 Å². The quantitative estimate of drug-likeness (QED) is 0.362. The zero-order valence-corrected chi connectivity index (χ0v) is 10.8. The molecule has 0 heteroatoms. The molecule has 14 heavy (non-hydrogen) atoms. The van der Waals surface area contributed by atoms with Gasteiger partial charge >= 0.3 is 0 Å². The minimum Gasteiger partial charge on any atom is -0.0919 e. The lowest BCUT2D eigenvalue weighted by molar-refractivity contribution is 0.585. The normalized spacial score (nSPS) is 10.0. The van der Waals surface area contributed by atoms with Gasteiger partial charge in [0.1, 0.15) is 0 Å². The van der Waals surface area contributed by atoms with Gasteiger partial charge in [0.25, 0.3) is 0 Å². The van der Waals surface area contributed by atoms with Gasteiger partial charge in [-0.05, 0) is 13.8 Å². The second-order valence-electron chi connectivity index (χ2n) is 3.79. The molecule has 0 unspecified atom stereocenters. The van der Waals surface area contributed by atoms with E-state index in [9.17, 15) is 0 Å². The Morgan fingerprint density at radius 2 is 0.857 bits per heavy atom. The molecule has 0 radical (unpaired) electrons. The highest BCUT2D eigenvalue weighted by molar-refractivity contribution is 4.68. The number of allylic oxidation sites excluding steroid dienone is 2. The third-order valence-corrected chi connectivity index (χ3v) is 2.29. The first-order valence-corrected chi connectivity index (χ1v) is 6.40. The number of unbranched alkanes of at least 4 members (excludes halogenated alkanes) is 7. The SMILES string of the molecule is CC=CC.CCCCCCCCCC. The largest absolute Gasteiger partial charge is 0.0919 e. The van der Waals surface area contributed by atoms with Gasteiger partial charge in [-0.2, -0.15) is 0 Å². The first-order valence-electron chi connectivity index (χ1n) is 6.40. The third kappa shape index (κ3) is 22.6. The highest BCUT2D eigenvalue weighted by Gasteiger charge is 1.87. The zero-order valence-electron chi connectivity index (χ0n) is 10.8. The van der Waals surface area contributed by atoms with Crippen LogP contribution < -0.4 is 0 Å². The third-order valence-electron chi connectivity index (χ3n) is 2.29. The molecule has 0 saturated heterocycles. The van der Waals surface area contributed by atoms with E-state index in [4.69, 9.17) is 0 Å². The van der Waals surface area contributed by atoms with Crippen molar-refractivity contribution in [3.05, 3.63) is 12.2 Å². The summed E-state index contributed by atoms with van der Waals surface area (Å²) in [5, 5.41) is 0. The molecular formula is C14H30. The Labute approximate surface area is 91.8 Å². The lowest BCUT2D eigenvalue weighted by atomic mass is 10.1. The van der Waals surface area contributed by atoms with Crippen molar-refractivity contribution < 1.29 is 0 Å². The van der Waals surface area contributed by atoms with Crippen molar-refractivity contribution in [3.8, 4) is 0 Å². The second kappa shape index (κ2) is 18.5. The lowest BCUT2D eigenvalue weighted by Gasteiger charge is -1.97. The highest BCUT2D eigenvalue weighted by atomic mass is 13.9. The maximum Gasteiger partial charge on any atom is -0.0470 e. The molecule has 0 aliphatic heterocycles. The smallest absolute Gasteiger partial charge is 0.0470 e.